The average molecular weight is 521 g/mol. The summed E-state index contributed by atoms with van der Waals surface area (Å²) in [5.74, 6) is 0.936. The molecule has 2 N–H and O–H groups in total. The van der Waals surface area contributed by atoms with Crippen molar-refractivity contribution in [3.05, 3.63) is 53.6 Å². The van der Waals surface area contributed by atoms with Gasteiger partial charge in [-0.3, -0.25) is 15.1 Å². The number of methoxy groups -OCH3 is 1. The highest BCUT2D eigenvalue weighted by atomic mass is 16.6. The first kappa shape index (κ1) is 25.5. The number of para-hydroxylation sites is 1. The van der Waals surface area contributed by atoms with Crippen LogP contribution in [0.4, 0.5) is 10.5 Å². The van der Waals surface area contributed by atoms with Crippen LogP contribution >= 0.6 is 0 Å². The number of hydrogen-bond acceptors (Lipinski definition) is 7. The quantitative estimate of drug-likeness (QED) is 0.344. The van der Waals surface area contributed by atoms with Crippen LogP contribution in [0.2, 0.25) is 0 Å². The van der Waals surface area contributed by atoms with Crippen LogP contribution in [0.1, 0.15) is 41.6 Å². The zero-order valence-corrected chi connectivity index (χ0v) is 21.4. The second-order valence-electron chi connectivity index (χ2n) is 9.68. The van der Waals surface area contributed by atoms with Gasteiger partial charge in [0.15, 0.2) is 0 Å². The first-order valence-corrected chi connectivity index (χ1v) is 12.9. The Kier molecular flexibility index (Phi) is 7.43. The summed E-state index contributed by atoms with van der Waals surface area (Å²) in [5.41, 5.74) is 9.36. The smallest absolute Gasteiger partial charge is 0.414 e. The van der Waals surface area contributed by atoms with Crippen LogP contribution in [-0.2, 0) is 11.3 Å². The number of cyclic esters (lactones) is 1. The van der Waals surface area contributed by atoms with Gasteiger partial charge in [0.25, 0.3) is 5.91 Å². The van der Waals surface area contributed by atoms with Crippen molar-refractivity contribution in [1.82, 2.24) is 9.80 Å². The van der Waals surface area contributed by atoms with E-state index >= 15 is 0 Å². The second kappa shape index (κ2) is 11.1. The Morgan fingerprint density at radius 2 is 1.74 bits per heavy atom. The molecule has 0 aromatic heterocycles. The Morgan fingerprint density at radius 3 is 2.45 bits per heavy atom. The summed E-state index contributed by atoms with van der Waals surface area (Å²) in [6.45, 7) is 2.55. The monoisotopic (exact) mass is 520 g/mol. The molecule has 0 aliphatic carbocycles. The fourth-order valence-electron chi connectivity index (χ4n) is 5.39. The molecule has 2 amide bonds. The van der Waals surface area contributed by atoms with Crippen LogP contribution in [0.3, 0.4) is 0 Å². The number of guanidine groups is 1. The Hall–Kier alpha value is -4.15. The zero-order chi connectivity index (χ0) is 26.6. The molecule has 0 atom stereocenters. The van der Waals surface area contributed by atoms with Crippen LogP contribution in [0.25, 0.3) is 0 Å². The molecule has 2 aromatic carbocycles. The zero-order valence-electron chi connectivity index (χ0n) is 21.4. The minimum Gasteiger partial charge on any atom is -0.496 e. The number of carbonyl (C=O) groups excluding carboxylic acids is 2. The molecule has 0 saturated carbocycles. The lowest BCUT2D eigenvalue weighted by Gasteiger charge is -2.40. The molecule has 0 bridgehead atoms. The fourth-order valence-corrected chi connectivity index (χ4v) is 5.39. The third-order valence-electron chi connectivity index (χ3n) is 7.47. The number of amides is 2. The minimum absolute atomic E-state index is 0.0262. The summed E-state index contributed by atoms with van der Waals surface area (Å²) in [5, 5.41) is 10.9. The van der Waals surface area contributed by atoms with Gasteiger partial charge >= 0.3 is 6.09 Å². The van der Waals surface area contributed by atoms with Crippen molar-refractivity contribution in [3.8, 4) is 11.5 Å². The van der Waals surface area contributed by atoms with Gasteiger partial charge in [-0.05, 0) is 31.0 Å². The van der Waals surface area contributed by atoms with Crippen LogP contribution < -0.4 is 14.4 Å². The molecule has 3 aliphatic rings. The van der Waals surface area contributed by atoms with Crippen molar-refractivity contribution in [2.45, 2.75) is 44.4 Å². The third-order valence-corrected chi connectivity index (χ3v) is 7.47. The summed E-state index contributed by atoms with van der Waals surface area (Å²) in [6, 6.07) is 13.0. The van der Waals surface area contributed by atoms with Crippen molar-refractivity contribution in [2.75, 3.05) is 38.2 Å². The molecule has 11 heteroatoms. The molecule has 3 aliphatic heterocycles. The number of ether oxygens (including phenoxy) is 3. The van der Waals surface area contributed by atoms with E-state index in [9.17, 15) is 9.59 Å². The largest absolute Gasteiger partial charge is 0.496 e. The molecule has 0 spiro atoms. The van der Waals surface area contributed by atoms with E-state index in [-0.39, 0.29) is 36.7 Å². The van der Waals surface area contributed by atoms with Crippen LogP contribution in [0.15, 0.2) is 47.6 Å². The van der Waals surface area contributed by atoms with Crippen molar-refractivity contribution in [1.29, 1.82) is 10.9 Å². The molecule has 5 rings (SSSR count). The highest BCUT2D eigenvalue weighted by Crippen LogP contribution is 2.33. The fraction of sp³-hybridized carbons (Fsp3) is 0.444. The van der Waals surface area contributed by atoms with Crippen molar-refractivity contribution < 1.29 is 23.8 Å². The van der Waals surface area contributed by atoms with Gasteiger partial charge in [-0.15, -0.1) is 5.11 Å². The van der Waals surface area contributed by atoms with E-state index in [0.717, 1.165) is 11.3 Å². The molecule has 200 valence electrons. The molecule has 0 radical (unpaired) electrons. The van der Waals surface area contributed by atoms with Gasteiger partial charge in [0.2, 0.25) is 5.96 Å². The number of piperidine rings is 2. The summed E-state index contributed by atoms with van der Waals surface area (Å²) < 4.78 is 17.1. The van der Waals surface area contributed by atoms with Crippen molar-refractivity contribution in [3.63, 3.8) is 0 Å². The maximum absolute atomic E-state index is 13.4. The first-order chi connectivity index (χ1) is 18.5. The Morgan fingerprint density at radius 1 is 1.03 bits per heavy atom. The van der Waals surface area contributed by atoms with Gasteiger partial charge in [-0.2, -0.15) is 0 Å². The van der Waals surface area contributed by atoms with Crippen LogP contribution in [-0.4, -0.2) is 73.2 Å². The molecule has 2 aromatic rings. The van der Waals surface area contributed by atoms with Crippen LogP contribution in [0.5, 0.6) is 11.5 Å². The van der Waals surface area contributed by atoms with Gasteiger partial charge in [-0.25, -0.2) is 10.3 Å². The first-order valence-electron chi connectivity index (χ1n) is 12.9. The van der Waals surface area contributed by atoms with Gasteiger partial charge in [0.05, 0.1) is 18.4 Å². The Balaban J connectivity index is 1.20. The van der Waals surface area contributed by atoms with Gasteiger partial charge in [0.1, 0.15) is 24.2 Å². The lowest BCUT2D eigenvalue weighted by Crippen LogP contribution is -2.50. The molecular formula is C27H32N6O5. The van der Waals surface area contributed by atoms with E-state index in [1.54, 1.807) is 32.9 Å². The van der Waals surface area contributed by atoms with E-state index in [1.165, 1.54) is 7.11 Å². The maximum Gasteiger partial charge on any atom is 0.414 e. The minimum atomic E-state index is -0.332. The lowest BCUT2D eigenvalue weighted by atomic mass is 10.00. The van der Waals surface area contributed by atoms with Gasteiger partial charge in [0, 0.05) is 56.7 Å². The molecule has 0 unspecified atom stereocenters. The molecule has 11 nitrogen and oxygen atoms in total. The van der Waals surface area contributed by atoms with Gasteiger partial charge in [-0.1, -0.05) is 18.2 Å². The van der Waals surface area contributed by atoms with Crippen molar-refractivity contribution >= 4 is 23.6 Å². The Bertz CT molecular complexity index is 1220. The van der Waals surface area contributed by atoms with E-state index in [1.807, 2.05) is 24.3 Å². The number of likely N-dealkylation sites (tertiary alicyclic amines) is 2. The standard InChI is InChI=1S/C27H32N6O5/c1-36-24-16-21(38-20-10-14-32(15-11-20)26(28)30-29)6-7-22(24)25(34)31-12-8-19(9-13-31)33-23-5-3-2-4-18(23)17-37-27(33)35/h2-7,16,19-20,28-29H,8-15,17H2,1H3. The number of hydrogen-bond donors (Lipinski definition) is 2. The number of anilines is 1. The Labute approximate surface area is 221 Å². The number of nitrogens with zero attached hydrogens (tertiary/aromatic N) is 4. The number of nitrogens with one attached hydrogen (secondary N) is 2. The molecule has 2 saturated heterocycles. The number of rotatable bonds is 5. The number of carbonyl (C=O) groups is 2. The maximum atomic E-state index is 13.4. The van der Waals surface area contributed by atoms with E-state index in [0.29, 0.717) is 68.9 Å². The molecule has 38 heavy (non-hydrogen) atoms. The highest BCUT2D eigenvalue weighted by molar-refractivity contribution is 5.97. The normalized spacial score (nSPS) is 18.4. The SMILES string of the molecule is COc1cc(OC2CCN(C(=N)N=N)CC2)ccc1C(=O)N1CCC(N2C(=O)OCc3ccccc32)CC1. The van der Waals surface area contributed by atoms with E-state index < -0.39 is 0 Å². The van der Waals surface area contributed by atoms with E-state index in [4.69, 9.17) is 25.2 Å². The van der Waals surface area contributed by atoms with Gasteiger partial charge < -0.3 is 24.0 Å². The summed E-state index contributed by atoms with van der Waals surface area (Å²) >= 11 is 0. The topological polar surface area (TPSA) is 132 Å². The third kappa shape index (κ3) is 5.13. The average Bonchev–Trinajstić information content (AvgIpc) is 2.97. The van der Waals surface area contributed by atoms with Crippen molar-refractivity contribution in [2.24, 2.45) is 5.11 Å². The van der Waals surface area contributed by atoms with E-state index in [2.05, 4.69) is 5.11 Å². The summed E-state index contributed by atoms with van der Waals surface area (Å²) in [7, 11) is 1.54. The highest BCUT2D eigenvalue weighted by Gasteiger charge is 2.35. The van der Waals surface area contributed by atoms with Crippen LogP contribution in [0, 0.1) is 10.9 Å². The molecule has 3 heterocycles. The molecule has 2 fully saturated rings. The summed E-state index contributed by atoms with van der Waals surface area (Å²) in [4.78, 5) is 31.3. The predicted molar refractivity (Wildman–Crippen MR) is 139 cm³/mol. The number of benzene rings is 2. The number of fused-ring (bicyclic) bond motifs is 1. The summed E-state index contributed by atoms with van der Waals surface area (Å²) in [6.07, 6.45) is 2.38. The predicted octanol–water partition coefficient (Wildman–Crippen LogP) is 4.27. The molecular weight excluding hydrogens is 488 g/mol. The lowest BCUT2D eigenvalue weighted by molar-refractivity contribution is 0.0705. The second-order valence-corrected chi connectivity index (χ2v) is 9.68.